The first kappa shape index (κ1) is 17.6. The van der Waals surface area contributed by atoms with Crippen molar-refractivity contribution in [1.82, 2.24) is 14.9 Å². The smallest absolute Gasteiger partial charge is 0.226 e. The molecular formula is C22H25FN4O. The molecule has 0 unspecified atom stereocenters. The molecule has 1 aliphatic carbocycles. The minimum atomic E-state index is -0.240. The van der Waals surface area contributed by atoms with E-state index in [-0.39, 0.29) is 29.6 Å². The van der Waals surface area contributed by atoms with Crippen LogP contribution in [0.5, 0.6) is 0 Å². The molecule has 3 heterocycles. The molecule has 0 radical (unpaired) electrons. The number of amides is 1. The quantitative estimate of drug-likeness (QED) is 0.819. The number of hydrogen-bond acceptors (Lipinski definition) is 4. The number of anilines is 1. The maximum atomic E-state index is 14.0. The Morgan fingerprint density at radius 1 is 1.04 bits per heavy atom. The van der Waals surface area contributed by atoms with Gasteiger partial charge in [0, 0.05) is 49.8 Å². The van der Waals surface area contributed by atoms with Gasteiger partial charge < -0.3 is 9.80 Å². The van der Waals surface area contributed by atoms with Gasteiger partial charge in [0.2, 0.25) is 11.9 Å². The Morgan fingerprint density at radius 2 is 1.82 bits per heavy atom. The van der Waals surface area contributed by atoms with Crippen LogP contribution < -0.4 is 4.90 Å². The van der Waals surface area contributed by atoms with Crippen LogP contribution in [0.1, 0.15) is 37.3 Å². The van der Waals surface area contributed by atoms with Gasteiger partial charge in [-0.05, 0) is 36.6 Å². The lowest BCUT2D eigenvalue weighted by Crippen LogP contribution is -2.38. The number of rotatable bonds is 3. The van der Waals surface area contributed by atoms with Crippen LogP contribution in [0.4, 0.5) is 10.3 Å². The van der Waals surface area contributed by atoms with Gasteiger partial charge in [0.15, 0.2) is 0 Å². The fraction of sp³-hybridized carbons (Fsp3) is 0.500. The van der Waals surface area contributed by atoms with Gasteiger partial charge in [-0.1, -0.05) is 25.0 Å². The van der Waals surface area contributed by atoms with Crippen molar-refractivity contribution < 1.29 is 9.18 Å². The average Bonchev–Trinajstić information content (AvgIpc) is 3.44. The number of carbonyl (C=O) groups excluding carboxylic acids is 1. The highest BCUT2D eigenvalue weighted by atomic mass is 19.1. The number of benzene rings is 1. The van der Waals surface area contributed by atoms with E-state index in [0.29, 0.717) is 5.92 Å². The zero-order chi connectivity index (χ0) is 19.1. The first-order valence-corrected chi connectivity index (χ1v) is 10.3. The summed E-state index contributed by atoms with van der Waals surface area (Å²) in [5, 5.41) is 0. The van der Waals surface area contributed by atoms with Gasteiger partial charge >= 0.3 is 0 Å². The lowest BCUT2D eigenvalue weighted by atomic mass is 9.89. The average molecular weight is 380 g/mol. The number of likely N-dealkylation sites (tertiary alicyclic amines) is 1. The molecule has 1 aromatic carbocycles. The Morgan fingerprint density at radius 3 is 2.57 bits per heavy atom. The second kappa shape index (κ2) is 7.15. The van der Waals surface area contributed by atoms with Crippen LogP contribution in [-0.2, 0) is 4.79 Å². The fourth-order valence-corrected chi connectivity index (χ4v) is 5.41. The number of halogens is 1. The normalized spacial score (nSPS) is 27.4. The summed E-state index contributed by atoms with van der Waals surface area (Å²) in [6.45, 7) is 2.38. The van der Waals surface area contributed by atoms with Crippen molar-refractivity contribution in [3.05, 3.63) is 54.1 Å². The summed E-state index contributed by atoms with van der Waals surface area (Å²) in [6, 6.07) is 8.54. The second-order valence-corrected chi connectivity index (χ2v) is 8.35. The summed E-state index contributed by atoms with van der Waals surface area (Å²) < 4.78 is 14.0. The highest BCUT2D eigenvalue weighted by Crippen LogP contribution is 2.47. The Labute approximate surface area is 164 Å². The summed E-state index contributed by atoms with van der Waals surface area (Å²) in [5.74, 6) is 1.55. The van der Waals surface area contributed by atoms with Gasteiger partial charge in [-0.15, -0.1) is 0 Å². The molecule has 0 bridgehead atoms. The predicted molar refractivity (Wildman–Crippen MR) is 104 cm³/mol. The molecule has 0 N–H and O–H groups in total. The maximum absolute atomic E-state index is 14.0. The molecule has 3 atom stereocenters. The second-order valence-electron chi connectivity index (χ2n) is 8.35. The van der Waals surface area contributed by atoms with E-state index in [0.717, 1.165) is 56.8 Å². The van der Waals surface area contributed by atoms with Crippen LogP contribution in [0.15, 0.2) is 42.7 Å². The standard InChI is InChI=1S/C22H25FN4O/c23-18-8-3-7-16(11-18)20-19-14-26(22-24-9-4-10-25-22)12-17(19)13-27(20)21(28)15-5-1-2-6-15/h3-4,7-11,15,17,19-20H,1-2,5-6,12-14H2/t17-,19-,20+/m0/s1. The minimum Gasteiger partial charge on any atom is -0.340 e. The Kier molecular flexibility index (Phi) is 4.49. The van der Waals surface area contributed by atoms with E-state index in [1.165, 1.54) is 6.07 Å². The summed E-state index contributed by atoms with van der Waals surface area (Å²) in [4.78, 5) is 26.3. The molecule has 1 aromatic heterocycles. The van der Waals surface area contributed by atoms with E-state index in [9.17, 15) is 9.18 Å². The molecule has 3 fully saturated rings. The Balaban J connectivity index is 1.45. The first-order valence-electron chi connectivity index (χ1n) is 10.3. The molecule has 6 heteroatoms. The monoisotopic (exact) mass is 380 g/mol. The van der Waals surface area contributed by atoms with E-state index in [2.05, 4.69) is 19.8 Å². The lowest BCUT2D eigenvalue weighted by molar-refractivity contribution is -0.136. The molecule has 28 heavy (non-hydrogen) atoms. The largest absolute Gasteiger partial charge is 0.340 e. The van der Waals surface area contributed by atoms with E-state index < -0.39 is 0 Å². The van der Waals surface area contributed by atoms with Crippen molar-refractivity contribution in [1.29, 1.82) is 0 Å². The molecule has 1 saturated carbocycles. The van der Waals surface area contributed by atoms with Crippen LogP contribution >= 0.6 is 0 Å². The van der Waals surface area contributed by atoms with E-state index in [1.807, 2.05) is 12.1 Å². The van der Waals surface area contributed by atoms with Crippen molar-refractivity contribution in [2.45, 2.75) is 31.7 Å². The molecule has 0 spiro atoms. The van der Waals surface area contributed by atoms with Crippen LogP contribution in [0.3, 0.4) is 0 Å². The first-order chi connectivity index (χ1) is 13.7. The van der Waals surface area contributed by atoms with Crippen LogP contribution in [0, 0.1) is 23.6 Å². The zero-order valence-electron chi connectivity index (χ0n) is 15.9. The zero-order valence-corrected chi connectivity index (χ0v) is 15.9. The van der Waals surface area contributed by atoms with Crippen LogP contribution in [0.25, 0.3) is 0 Å². The van der Waals surface area contributed by atoms with Crippen molar-refractivity contribution in [2.24, 2.45) is 17.8 Å². The third-order valence-electron chi connectivity index (χ3n) is 6.68. The third kappa shape index (κ3) is 3.05. The molecule has 2 aromatic rings. The minimum absolute atomic E-state index is 0.0671. The van der Waals surface area contributed by atoms with Gasteiger partial charge in [0.25, 0.3) is 0 Å². The summed E-state index contributed by atoms with van der Waals surface area (Å²) in [5.41, 5.74) is 0.912. The number of nitrogens with zero attached hydrogens (tertiary/aromatic N) is 4. The van der Waals surface area contributed by atoms with E-state index in [1.54, 1.807) is 24.5 Å². The molecule has 3 aliphatic rings. The SMILES string of the molecule is O=C(C1CCCC1)N1C[C@@H]2CN(c3ncccn3)C[C@@H]2[C@H]1c1cccc(F)c1. The van der Waals surface area contributed by atoms with Crippen LogP contribution in [0.2, 0.25) is 0 Å². The van der Waals surface area contributed by atoms with Gasteiger partial charge in [-0.3, -0.25) is 4.79 Å². The summed E-state index contributed by atoms with van der Waals surface area (Å²) >= 11 is 0. The number of fused-ring (bicyclic) bond motifs is 1. The van der Waals surface area contributed by atoms with Crippen molar-refractivity contribution in [3.8, 4) is 0 Å². The van der Waals surface area contributed by atoms with Gasteiger partial charge in [-0.25, -0.2) is 14.4 Å². The molecule has 5 nitrogen and oxygen atoms in total. The van der Waals surface area contributed by atoms with E-state index in [4.69, 9.17) is 0 Å². The van der Waals surface area contributed by atoms with Crippen molar-refractivity contribution in [3.63, 3.8) is 0 Å². The molecule has 2 aliphatic heterocycles. The molecule has 2 saturated heterocycles. The number of hydrogen-bond donors (Lipinski definition) is 0. The van der Waals surface area contributed by atoms with Gasteiger partial charge in [0.1, 0.15) is 5.82 Å². The molecule has 1 amide bonds. The Bertz CT molecular complexity index is 855. The van der Waals surface area contributed by atoms with Crippen LogP contribution in [-0.4, -0.2) is 40.4 Å². The topological polar surface area (TPSA) is 49.3 Å². The summed E-state index contributed by atoms with van der Waals surface area (Å²) in [7, 11) is 0. The highest BCUT2D eigenvalue weighted by molar-refractivity contribution is 5.80. The fourth-order valence-electron chi connectivity index (χ4n) is 5.41. The maximum Gasteiger partial charge on any atom is 0.226 e. The van der Waals surface area contributed by atoms with Gasteiger partial charge in [0.05, 0.1) is 6.04 Å². The highest BCUT2D eigenvalue weighted by Gasteiger charge is 2.50. The number of carbonyl (C=O) groups is 1. The molecule has 146 valence electrons. The number of aromatic nitrogens is 2. The predicted octanol–water partition coefficient (Wildman–Crippen LogP) is 3.44. The van der Waals surface area contributed by atoms with E-state index >= 15 is 0 Å². The Hall–Kier alpha value is -2.50. The van der Waals surface area contributed by atoms with Crippen molar-refractivity contribution >= 4 is 11.9 Å². The lowest BCUT2D eigenvalue weighted by Gasteiger charge is -2.31. The van der Waals surface area contributed by atoms with Crippen molar-refractivity contribution in [2.75, 3.05) is 24.5 Å². The molecule has 5 rings (SSSR count). The van der Waals surface area contributed by atoms with Gasteiger partial charge in [-0.2, -0.15) is 0 Å². The summed E-state index contributed by atoms with van der Waals surface area (Å²) in [6.07, 6.45) is 7.78. The molecular weight excluding hydrogens is 355 g/mol. The third-order valence-corrected chi connectivity index (χ3v) is 6.68.